The van der Waals surface area contributed by atoms with Gasteiger partial charge in [0.1, 0.15) is 17.3 Å². The number of hydrogen-bond donors (Lipinski definition) is 1. The van der Waals surface area contributed by atoms with Gasteiger partial charge in [-0.3, -0.25) is 4.79 Å². The van der Waals surface area contributed by atoms with Crippen molar-refractivity contribution >= 4 is 5.91 Å². The Kier molecular flexibility index (Phi) is 5.32. The van der Waals surface area contributed by atoms with Gasteiger partial charge in [-0.15, -0.1) is 0 Å². The summed E-state index contributed by atoms with van der Waals surface area (Å²) < 4.78 is 10.4. The summed E-state index contributed by atoms with van der Waals surface area (Å²) in [5.74, 6) is 1.17. The highest BCUT2D eigenvalue weighted by molar-refractivity contribution is 5.97. The van der Waals surface area contributed by atoms with Gasteiger partial charge in [-0.05, 0) is 37.1 Å². The van der Waals surface area contributed by atoms with Gasteiger partial charge >= 0.3 is 0 Å². The van der Waals surface area contributed by atoms with Crippen LogP contribution >= 0.6 is 0 Å². The lowest BCUT2D eigenvalue weighted by atomic mass is 10.0. The molecule has 0 fully saturated rings. The number of benzene rings is 1. The van der Waals surface area contributed by atoms with Crippen LogP contribution in [0.2, 0.25) is 0 Å². The molecule has 1 amide bonds. The Morgan fingerprint density at radius 3 is 2.57 bits per heavy atom. The van der Waals surface area contributed by atoms with Crippen LogP contribution in [0, 0.1) is 5.92 Å². The Morgan fingerprint density at radius 1 is 1.30 bits per heavy atom. The Bertz CT molecular complexity index is 649. The highest BCUT2D eigenvalue weighted by Gasteiger charge is 2.26. The molecule has 0 aliphatic carbocycles. The third-order valence-electron chi connectivity index (χ3n) is 4.06. The molecule has 0 unspecified atom stereocenters. The van der Waals surface area contributed by atoms with Crippen molar-refractivity contribution in [2.45, 2.75) is 33.4 Å². The lowest BCUT2D eigenvalue weighted by molar-refractivity contribution is 0.0608. The second-order valence-electron chi connectivity index (χ2n) is 5.88. The van der Waals surface area contributed by atoms with Gasteiger partial charge in [0.25, 0.3) is 5.91 Å². The minimum Gasteiger partial charge on any atom is -0.507 e. The number of phenolic OH excluding ortho intramolecular Hbond substituents is 1. The van der Waals surface area contributed by atoms with E-state index in [0.29, 0.717) is 18.1 Å². The first-order valence-electron chi connectivity index (χ1n) is 7.64. The van der Waals surface area contributed by atoms with Crippen LogP contribution in [-0.4, -0.2) is 29.1 Å². The molecule has 23 heavy (non-hydrogen) atoms. The SMILES string of the molecule is COc1ccc(C(=O)N(Cc2ccco2)[C@H](C)C(C)C)c(O)c1. The maximum absolute atomic E-state index is 12.9. The molecule has 1 heterocycles. The van der Waals surface area contributed by atoms with Gasteiger partial charge in [0.05, 0.1) is 25.5 Å². The van der Waals surface area contributed by atoms with Gasteiger partial charge in [-0.2, -0.15) is 0 Å². The highest BCUT2D eigenvalue weighted by Crippen LogP contribution is 2.27. The van der Waals surface area contributed by atoms with Crippen molar-refractivity contribution in [3.05, 3.63) is 47.9 Å². The second kappa shape index (κ2) is 7.22. The van der Waals surface area contributed by atoms with Crippen molar-refractivity contribution in [3.63, 3.8) is 0 Å². The topological polar surface area (TPSA) is 62.9 Å². The van der Waals surface area contributed by atoms with Gasteiger partial charge in [0.2, 0.25) is 0 Å². The predicted octanol–water partition coefficient (Wildman–Crippen LogP) is 3.68. The zero-order valence-electron chi connectivity index (χ0n) is 13.9. The molecule has 2 aromatic rings. The number of amides is 1. The first kappa shape index (κ1) is 16.9. The molecule has 1 aromatic carbocycles. The number of aromatic hydroxyl groups is 1. The van der Waals surface area contributed by atoms with E-state index in [2.05, 4.69) is 13.8 Å². The number of methoxy groups -OCH3 is 1. The van der Waals surface area contributed by atoms with Crippen LogP contribution in [0.3, 0.4) is 0 Å². The largest absolute Gasteiger partial charge is 0.507 e. The zero-order chi connectivity index (χ0) is 17.0. The van der Waals surface area contributed by atoms with Crippen molar-refractivity contribution in [1.82, 2.24) is 4.90 Å². The van der Waals surface area contributed by atoms with E-state index in [9.17, 15) is 9.90 Å². The van der Waals surface area contributed by atoms with Crippen LogP contribution in [0.25, 0.3) is 0 Å². The van der Waals surface area contributed by atoms with E-state index in [-0.39, 0.29) is 29.2 Å². The Hall–Kier alpha value is -2.43. The summed E-state index contributed by atoms with van der Waals surface area (Å²) in [5, 5.41) is 10.1. The highest BCUT2D eigenvalue weighted by atomic mass is 16.5. The van der Waals surface area contributed by atoms with E-state index < -0.39 is 0 Å². The van der Waals surface area contributed by atoms with Crippen molar-refractivity contribution < 1.29 is 19.1 Å². The third-order valence-corrected chi connectivity index (χ3v) is 4.06. The minimum atomic E-state index is -0.234. The summed E-state index contributed by atoms with van der Waals surface area (Å²) in [6, 6.07) is 8.31. The maximum Gasteiger partial charge on any atom is 0.258 e. The third kappa shape index (κ3) is 3.86. The van der Waals surface area contributed by atoms with E-state index in [1.807, 2.05) is 13.0 Å². The number of carbonyl (C=O) groups is 1. The molecule has 0 aliphatic rings. The predicted molar refractivity (Wildman–Crippen MR) is 87.5 cm³/mol. The van der Waals surface area contributed by atoms with Crippen LogP contribution in [0.1, 0.15) is 36.9 Å². The summed E-state index contributed by atoms with van der Waals surface area (Å²) in [6.45, 7) is 6.46. The second-order valence-corrected chi connectivity index (χ2v) is 5.88. The zero-order valence-corrected chi connectivity index (χ0v) is 13.9. The molecule has 1 N–H and O–H groups in total. The van der Waals surface area contributed by atoms with Crippen LogP contribution in [0.4, 0.5) is 0 Å². The standard InChI is InChI=1S/C18H23NO4/c1-12(2)13(3)19(11-15-6-5-9-23-15)18(21)16-8-7-14(22-4)10-17(16)20/h5-10,12-13,20H,11H2,1-4H3/t13-/m1/s1. The summed E-state index contributed by atoms with van der Waals surface area (Å²) in [6.07, 6.45) is 1.59. The van der Waals surface area contributed by atoms with E-state index in [1.54, 1.807) is 29.4 Å². The van der Waals surface area contributed by atoms with Gasteiger partial charge in [-0.25, -0.2) is 0 Å². The molecular formula is C18H23NO4. The van der Waals surface area contributed by atoms with Crippen LogP contribution in [0.5, 0.6) is 11.5 Å². The van der Waals surface area contributed by atoms with E-state index in [0.717, 1.165) is 0 Å². The van der Waals surface area contributed by atoms with E-state index >= 15 is 0 Å². The first-order valence-corrected chi connectivity index (χ1v) is 7.64. The first-order chi connectivity index (χ1) is 10.9. The molecule has 0 radical (unpaired) electrons. The number of ether oxygens (including phenoxy) is 1. The van der Waals surface area contributed by atoms with Crippen molar-refractivity contribution in [2.75, 3.05) is 7.11 Å². The number of rotatable bonds is 6. The fourth-order valence-corrected chi connectivity index (χ4v) is 2.31. The van der Waals surface area contributed by atoms with E-state index in [4.69, 9.17) is 9.15 Å². The Morgan fingerprint density at radius 2 is 2.04 bits per heavy atom. The van der Waals surface area contributed by atoms with Gasteiger partial charge in [-0.1, -0.05) is 13.8 Å². The average molecular weight is 317 g/mol. The molecule has 1 aromatic heterocycles. The van der Waals surface area contributed by atoms with Crippen molar-refractivity contribution in [1.29, 1.82) is 0 Å². The molecule has 5 heteroatoms. The summed E-state index contributed by atoms with van der Waals surface area (Å²) >= 11 is 0. The van der Waals surface area contributed by atoms with Crippen molar-refractivity contribution in [2.24, 2.45) is 5.92 Å². The molecule has 0 bridgehead atoms. The number of phenols is 1. The maximum atomic E-state index is 12.9. The lowest BCUT2D eigenvalue weighted by Gasteiger charge is -2.31. The Balaban J connectivity index is 2.32. The van der Waals surface area contributed by atoms with Crippen LogP contribution in [-0.2, 0) is 6.54 Å². The fourth-order valence-electron chi connectivity index (χ4n) is 2.31. The molecular weight excluding hydrogens is 294 g/mol. The monoisotopic (exact) mass is 317 g/mol. The van der Waals surface area contributed by atoms with Crippen LogP contribution < -0.4 is 4.74 Å². The number of carbonyl (C=O) groups excluding carboxylic acids is 1. The fraction of sp³-hybridized carbons (Fsp3) is 0.389. The summed E-state index contributed by atoms with van der Waals surface area (Å²) in [7, 11) is 1.51. The molecule has 0 aliphatic heterocycles. The van der Waals surface area contributed by atoms with Crippen molar-refractivity contribution in [3.8, 4) is 11.5 Å². The molecule has 2 rings (SSSR count). The quantitative estimate of drug-likeness (QED) is 0.883. The summed E-state index contributed by atoms with van der Waals surface area (Å²) in [5.41, 5.74) is 0.254. The van der Waals surface area contributed by atoms with E-state index in [1.165, 1.54) is 13.2 Å². The molecule has 0 saturated carbocycles. The molecule has 0 spiro atoms. The lowest BCUT2D eigenvalue weighted by Crippen LogP contribution is -2.40. The molecule has 0 saturated heterocycles. The van der Waals surface area contributed by atoms with Gasteiger partial charge in [0, 0.05) is 12.1 Å². The van der Waals surface area contributed by atoms with Crippen LogP contribution in [0.15, 0.2) is 41.0 Å². The number of furan rings is 1. The number of hydrogen-bond acceptors (Lipinski definition) is 4. The number of nitrogens with zero attached hydrogens (tertiary/aromatic N) is 1. The average Bonchev–Trinajstić information content (AvgIpc) is 3.04. The Labute approximate surface area is 136 Å². The summed E-state index contributed by atoms with van der Waals surface area (Å²) in [4.78, 5) is 14.6. The smallest absolute Gasteiger partial charge is 0.258 e. The minimum absolute atomic E-state index is 0.00546. The molecule has 1 atom stereocenters. The van der Waals surface area contributed by atoms with Gasteiger partial charge < -0.3 is 19.2 Å². The normalized spacial score (nSPS) is 12.2. The molecule has 5 nitrogen and oxygen atoms in total. The van der Waals surface area contributed by atoms with Gasteiger partial charge in [0.15, 0.2) is 0 Å². The molecule has 124 valence electrons.